The van der Waals surface area contributed by atoms with E-state index in [0.29, 0.717) is 3.57 Å². The maximum absolute atomic E-state index is 11.8. The molecule has 3 nitrogen and oxygen atoms in total. The van der Waals surface area contributed by atoms with Crippen LogP contribution in [-0.2, 0) is 6.54 Å². The van der Waals surface area contributed by atoms with Gasteiger partial charge in [-0.2, -0.15) is 12.6 Å². The van der Waals surface area contributed by atoms with Crippen molar-refractivity contribution >= 4 is 35.2 Å². The first-order valence-corrected chi connectivity index (χ1v) is 7.20. The lowest BCUT2D eigenvalue weighted by atomic mass is 10.2. The van der Waals surface area contributed by atoms with Gasteiger partial charge in [0.2, 0.25) is 0 Å². The van der Waals surface area contributed by atoms with Crippen LogP contribution in [0.2, 0.25) is 0 Å². The molecule has 5 heteroatoms. The Balaban J connectivity index is 2.54. The molecule has 0 fully saturated rings. The Bertz CT molecular complexity index is 392. The van der Waals surface area contributed by atoms with Crippen molar-refractivity contribution in [1.82, 2.24) is 9.55 Å². The quantitative estimate of drug-likeness (QED) is 0.485. The Morgan fingerprint density at radius 3 is 2.75 bits per heavy atom. The van der Waals surface area contributed by atoms with E-state index in [1.54, 1.807) is 10.8 Å². The summed E-state index contributed by atoms with van der Waals surface area (Å²) in [4.78, 5) is 16.0. The minimum absolute atomic E-state index is 0.0855. The number of aromatic nitrogens is 2. The summed E-state index contributed by atoms with van der Waals surface area (Å²) in [6.07, 6.45) is 6.17. The zero-order chi connectivity index (χ0) is 12.0. The van der Waals surface area contributed by atoms with Crippen molar-refractivity contribution in [2.75, 3.05) is 5.75 Å². The second kappa shape index (κ2) is 7.32. The van der Waals surface area contributed by atoms with E-state index in [-0.39, 0.29) is 5.56 Å². The molecular formula is C11H17IN2OS. The molecule has 0 aromatic carbocycles. The van der Waals surface area contributed by atoms with Crippen molar-refractivity contribution in [1.29, 1.82) is 0 Å². The lowest BCUT2D eigenvalue weighted by Gasteiger charge is -2.08. The summed E-state index contributed by atoms with van der Waals surface area (Å²) >= 11 is 6.21. The molecule has 0 bridgehead atoms. The van der Waals surface area contributed by atoms with Gasteiger partial charge in [0.15, 0.2) is 0 Å². The van der Waals surface area contributed by atoms with Gasteiger partial charge >= 0.3 is 0 Å². The van der Waals surface area contributed by atoms with Crippen LogP contribution in [0, 0.1) is 10.5 Å². The molecule has 1 heterocycles. The van der Waals surface area contributed by atoms with Crippen molar-refractivity contribution in [3.8, 4) is 0 Å². The molecule has 1 aromatic heterocycles. The molecule has 90 valence electrons. The van der Waals surface area contributed by atoms with Gasteiger partial charge in [0, 0.05) is 12.7 Å². The molecule has 0 atom stereocenters. The average Bonchev–Trinajstić information content (AvgIpc) is 2.28. The zero-order valence-electron chi connectivity index (χ0n) is 9.45. The van der Waals surface area contributed by atoms with Gasteiger partial charge in [-0.3, -0.25) is 9.36 Å². The minimum atomic E-state index is 0.0855. The molecule has 1 aromatic rings. The van der Waals surface area contributed by atoms with Crippen molar-refractivity contribution in [3.63, 3.8) is 0 Å². The normalized spacial score (nSPS) is 10.7. The van der Waals surface area contributed by atoms with Gasteiger partial charge in [-0.25, -0.2) is 4.98 Å². The van der Waals surface area contributed by atoms with E-state index in [2.05, 4.69) is 17.6 Å². The van der Waals surface area contributed by atoms with Gasteiger partial charge < -0.3 is 0 Å². The number of rotatable bonds is 6. The smallest absolute Gasteiger partial charge is 0.266 e. The first-order chi connectivity index (χ1) is 7.66. The number of hydrogen-bond acceptors (Lipinski definition) is 3. The first-order valence-electron chi connectivity index (χ1n) is 5.49. The van der Waals surface area contributed by atoms with Crippen LogP contribution in [0.5, 0.6) is 0 Å². The van der Waals surface area contributed by atoms with E-state index in [1.165, 1.54) is 6.42 Å². The third kappa shape index (κ3) is 4.08. The maximum atomic E-state index is 11.8. The largest absolute Gasteiger partial charge is 0.296 e. The highest BCUT2D eigenvalue weighted by Gasteiger charge is 2.04. The fraction of sp³-hybridized carbons (Fsp3) is 0.636. The summed E-state index contributed by atoms with van der Waals surface area (Å²) in [5.74, 6) is 1.75. The van der Waals surface area contributed by atoms with E-state index < -0.39 is 0 Å². The van der Waals surface area contributed by atoms with Crippen LogP contribution in [0.25, 0.3) is 0 Å². The second-order valence-electron chi connectivity index (χ2n) is 3.75. The predicted molar refractivity (Wildman–Crippen MR) is 78.3 cm³/mol. The van der Waals surface area contributed by atoms with Crippen LogP contribution >= 0.6 is 35.2 Å². The van der Waals surface area contributed by atoms with Crippen LogP contribution in [-0.4, -0.2) is 15.3 Å². The summed E-state index contributed by atoms with van der Waals surface area (Å²) in [6.45, 7) is 2.66. The van der Waals surface area contributed by atoms with E-state index >= 15 is 0 Å². The Morgan fingerprint density at radius 1 is 1.38 bits per heavy atom. The second-order valence-corrected chi connectivity index (χ2v) is 5.36. The monoisotopic (exact) mass is 352 g/mol. The number of unbranched alkanes of at least 4 members (excludes halogenated alkanes) is 3. The standard InChI is InChI=1S/C11H17IN2OS/c1-9-13-8-10(12)11(15)14(9)6-4-2-3-5-7-16/h8,16H,2-7H2,1H3. The zero-order valence-corrected chi connectivity index (χ0v) is 12.5. The summed E-state index contributed by atoms with van der Waals surface area (Å²) < 4.78 is 2.46. The predicted octanol–water partition coefficient (Wildman–Crippen LogP) is 2.65. The summed E-state index contributed by atoms with van der Waals surface area (Å²) in [6, 6.07) is 0. The molecule has 0 unspecified atom stereocenters. The molecule has 0 aliphatic carbocycles. The number of hydrogen-bond donors (Lipinski definition) is 1. The van der Waals surface area contributed by atoms with Crippen LogP contribution in [0.15, 0.2) is 11.0 Å². The first kappa shape index (κ1) is 14.0. The number of nitrogens with zero attached hydrogens (tertiary/aromatic N) is 2. The van der Waals surface area contributed by atoms with Gasteiger partial charge in [-0.1, -0.05) is 12.8 Å². The van der Waals surface area contributed by atoms with Crippen LogP contribution in [0.3, 0.4) is 0 Å². The maximum Gasteiger partial charge on any atom is 0.266 e. The number of halogens is 1. The average molecular weight is 352 g/mol. The molecule has 0 amide bonds. The highest BCUT2D eigenvalue weighted by Crippen LogP contribution is 2.04. The minimum Gasteiger partial charge on any atom is -0.296 e. The summed E-state index contributed by atoms with van der Waals surface area (Å²) in [5.41, 5.74) is 0.0855. The Hall–Kier alpha value is -0.0400. The fourth-order valence-electron chi connectivity index (χ4n) is 1.55. The van der Waals surface area contributed by atoms with Crippen LogP contribution in [0.4, 0.5) is 0 Å². The molecule has 0 aliphatic heterocycles. The molecule has 0 saturated carbocycles. The lowest BCUT2D eigenvalue weighted by molar-refractivity contribution is 0.551. The van der Waals surface area contributed by atoms with Gasteiger partial charge in [-0.05, 0) is 48.1 Å². The molecule has 0 radical (unpaired) electrons. The molecule has 0 spiro atoms. The van der Waals surface area contributed by atoms with Gasteiger partial charge in [0.05, 0.1) is 3.57 Å². The third-order valence-electron chi connectivity index (χ3n) is 2.49. The number of thiol groups is 1. The van der Waals surface area contributed by atoms with Gasteiger partial charge in [0.1, 0.15) is 5.82 Å². The molecule has 0 aliphatic rings. The van der Waals surface area contributed by atoms with Crippen molar-refractivity contribution in [2.24, 2.45) is 0 Å². The Morgan fingerprint density at radius 2 is 2.06 bits per heavy atom. The van der Waals surface area contributed by atoms with Crippen molar-refractivity contribution in [2.45, 2.75) is 39.2 Å². The van der Waals surface area contributed by atoms with E-state index in [0.717, 1.165) is 37.4 Å². The van der Waals surface area contributed by atoms with E-state index in [9.17, 15) is 4.79 Å². The van der Waals surface area contributed by atoms with E-state index in [4.69, 9.17) is 0 Å². The number of aryl methyl sites for hydroxylation is 1. The molecule has 16 heavy (non-hydrogen) atoms. The molecular weight excluding hydrogens is 335 g/mol. The summed E-state index contributed by atoms with van der Waals surface area (Å²) in [7, 11) is 0. The fourth-order valence-corrected chi connectivity index (χ4v) is 2.20. The summed E-state index contributed by atoms with van der Waals surface area (Å²) in [5, 5.41) is 0. The van der Waals surface area contributed by atoms with Crippen LogP contribution in [0.1, 0.15) is 31.5 Å². The molecule has 0 N–H and O–H groups in total. The van der Waals surface area contributed by atoms with E-state index in [1.807, 2.05) is 29.5 Å². The molecule has 1 rings (SSSR count). The third-order valence-corrected chi connectivity index (χ3v) is 3.55. The van der Waals surface area contributed by atoms with Gasteiger partial charge in [-0.15, -0.1) is 0 Å². The topological polar surface area (TPSA) is 34.9 Å². The SMILES string of the molecule is Cc1ncc(I)c(=O)n1CCCCCCS. The Labute approximate surface area is 115 Å². The van der Waals surface area contributed by atoms with Crippen LogP contribution < -0.4 is 5.56 Å². The van der Waals surface area contributed by atoms with Crippen molar-refractivity contribution in [3.05, 3.63) is 25.9 Å². The highest BCUT2D eigenvalue weighted by molar-refractivity contribution is 14.1. The van der Waals surface area contributed by atoms with Crippen molar-refractivity contribution < 1.29 is 0 Å². The molecule has 0 saturated heterocycles. The highest BCUT2D eigenvalue weighted by atomic mass is 127. The lowest BCUT2D eigenvalue weighted by Crippen LogP contribution is -2.25. The van der Waals surface area contributed by atoms with Gasteiger partial charge in [0.25, 0.3) is 5.56 Å². The Kier molecular flexibility index (Phi) is 6.41.